The first-order valence-corrected chi connectivity index (χ1v) is 6.74. The van der Waals surface area contributed by atoms with Crippen molar-refractivity contribution in [1.29, 1.82) is 0 Å². The van der Waals surface area contributed by atoms with Crippen LogP contribution in [-0.4, -0.2) is 35.5 Å². The summed E-state index contributed by atoms with van der Waals surface area (Å²) in [4.78, 5) is 18.9. The van der Waals surface area contributed by atoms with E-state index in [1.165, 1.54) is 0 Å². The molecule has 0 radical (unpaired) electrons. The Kier molecular flexibility index (Phi) is 4.35. The summed E-state index contributed by atoms with van der Waals surface area (Å²) in [5, 5.41) is 4.05. The van der Waals surface area contributed by atoms with Gasteiger partial charge in [0, 0.05) is 11.1 Å². The van der Waals surface area contributed by atoms with Crippen molar-refractivity contribution < 1.29 is 18.8 Å². The first-order chi connectivity index (χ1) is 9.90. The number of oxime groups is 1. The van der Waals surface area contributed by atoms with Crippen LogP contribution in [0.2, 0.25) is 0 Å². The van der Waals surface area contributed by atoms with Gasteiger partial charge in [-0.15, -0.1) is 0 Å². The van der Waals surface area contributed by atoms with Gasteiger partial charge in [-0.05, 0) is 20.8 Å². The third kappa shape index (κ3) is 3.87. The van der Waals surface area contributed by atoms with Gasteiger partial charge in [0.25, 0.3) is 0 Å². The fourth-order valence-corrected chi connectivity index (χ4v) is 1.93. The van der Waals surface area contributed by atoms with E-state index in [0.717, 1.165) is 11.1 Å². The molecule has 6 heteroatoms. The summed E-state index contributed by atoms with van der Waals surface area (Å²) in [6, 6.07) is 0. The van der Waals surface area contributed by atoms with E-state index in [1.54, 1.807) is 23.5 Å². The molecule has 0 N–H and O–H groups in total. The van der Waals surface area contributed by atoms with Crippen molar-refractivity contribution >= 4 is 11.8 Å². The molecule has 0 bridgehead atoms. The molecule has 0 unspecified atom stereocenters. The highest BCUT2D eigenvalue weighted by atomic mass is 16.6. The summed E-state index contributed by atoms with van der Waals surface area (Å²) in [5.41, 5.74) is 1.84. The molecule has 0 spiro atoms. The van der Waals surface area contributed by atoms with Gasteiger partial charge in [0.15, 0.2) is 0 Å². The van der Waals surface area contributed by atoms with Crippen LogP contribution in [0.1, 0.15) is 31.9 Å². The molecule has 0 aliphatic carbocycles. The molecule has 0 aromatic carbocycles. The van der Waals surface area contributed by atoms with Crippen molar-refractivity contribution in [2.75, 3.05) is 13.2 Å². The SMILES string of the molecule is C=CCO/N=C1\CN(C(=O)OC(C)(C)C)Cc2cocc21. The predicted molar refractivity (Wildman–Crippen MR) is 78.0 cm³/mol. The lowest BCUT2D eigenvalue weighted by molar-refractivity contribution is 0.0257. The summed E-state index contributed by atoms with van der Waals surface area (Å²) < 4.78 is 10.6. The Morgan fingerprint density at radius 2 is 2.24 bits per heavy atom. The first kappa shape index (κ1) is 15.2. The molecule has 0 saturated heterocycles. The molecular formula is C15H20N2O4. The zero-order valence-corrected chi connectivity index (χ0v) is 12.6. The highest BCUT2D eigenvalue weighted by Gasteiger charge is 2.30. The fourth-order valence-electron chi connectivity index (χ4n) is 1.93. The van der Waals surface area contributed by atoms with Gasteiger partial charge in [0.05, 0.1) is 25.6 Å². The van der Waals surface area contributed by atoms with Gasteiger partial charge in [-0.1, -0.05) is 17.8 Å². The van der Waals surface area contributed by atoms with Crippen LogP contribution < -0.4 is 0 Å². The van der Waals surface area contributed by atoms with Gasteiger partial charge in [0.2, 0.25) is 0 Å². The number of rotatable bonds is 3. The van der Waals surface area contributed by atoms with Gasteiger partial charge in [-0.25, -0.2) is 4.79 Å². The number of fused-ring (bicyclic) bond motifs is 1. The molecule has 6 nitrogen and oxygen atoms in total. The Bertz CT molecular complexity index is 554. The minimum absolute atomic E-state index is 0.309. The van der Waals surface area contributed by atoms with Crippen LogP contribution in [0.3, 0.4) is 0 Å². The maximum absolute atomic E-state index is 12.2. The van der Waals surface area contributed by atoms with Crippen LogP contribution in [-0.2, 0) is 16.1 Å². The van der Waals surface area contributed by atoms with E-state index >= 15 is 0 Å². The van der Waals surface area contributed by atoms with Gasteiger partial charge in [-0.2, -0.15) is 0 Å². The summed E-state index contributed by atoms with van der Waals surface area (Å²) in [6.45, 7) is 10.1. The zero-order valence-electron chi connectivity index (χ0n) is 12.6. The van der Waals surface area contributed by atoms with Crippen LogP contribution in [0.25, 0.3) is 0 Å². The minimum atomic E-state index is -0.537. The van der Waals surface area contributed by atoms with Gasteiger partial charge >= 0.3 is 6.09 Å². The maximum Gasteiger partial charge on any atom is 0.410 e. The molecule has 1 aliphatic rings. The Balaban J connectivity index is 2.16. The Morgan fingerprint density at radius 1 is 1.48 bits per heavy atom. The van der Waals surface area contributed by atoms with E-state index in [-0.39, 0.29) is 6.09 Å². The molecule has 114 valence electrons. The molecular weight excluding hydrogens is 272 g/mol. The molecule has 0 fully saturated rings. The van der Waals surface area contributed by atoms with Crippen LogP contribution in [0.15, 0.2) is 34.8 Å². The lowest BCUT2D eigenvalue weighted by Crippen LogP contribution is -2.42. The summed E-state index contributed by atoms with van der Waals surface area (Å²) in [5.74, 6) is 0. The molecule has 1 aromatic heterocycles. The van der Waals surface area contributed by atoms with E-state index in [2.05, 4.69) is 11.7 Å². The van der Waals surface area contributed by atoms with Crippen molar-refractivity contribution in [3.63, 3.8) is 0 Å². The third-order valence-electron chi connectivity index (χ3n) is 2.77. The van der Waals surface area contributed by atoms with Crippen molar-refractivity contribution in [3.8, 4) is 0 Å². The number of furan rings is 1. The number of hydrogen-bond donors (Lipinski definition) is 0. The fraction of sp³-hybridized carbons (Fsp3) is 0.467. The maximum atomic E-state index is 12.2. The molecule has 0 saturated carbocycles. The van der Waals surface area contributed by atoms with Gasteiger partial charge < -0.3 is 14.0 Å². The number of carbonyl (C=O) groups excluding carboxylic acids is 1. The summed E-state index contributed by atoms with van der Waals surface area (Å²) in [6.07, 6.45) is 4.44. The lowest BCUT2D eigenvalue weighted by atomic mass is 10.0. The molecule has 2 rings (SSSR count). The topological polar surface area (TPSA) is 64.3 Å². The number of ether oxygens (including phenoxy) is 1. The van der Waals surface area contributed by atoms with Crippen molar-refractivity contribution in [3.05, 3.63) is 36.3 Å². The summed E-state index contributed by atoms with van der Waals surface area (Å²) in [7, 11) is 0. The van der Waals surface area contributed by atoms with Crippen LogP contribution in [0, 0.1) is 0 Å². The quantitative estimate of drug-likeness (QED) is 0.488. The van der Waals surface area contributed by atoms with E-state index in [4.69, 9.17) is 14.0 Å². The standard InChI is InChI=1S/C15H20N2O4/c1-5-6-20-16-13-8-17(14(18)21-15(2,3)4)7-11-9-19-10-12(11)13/h5,9-10H,1,6-8H2,2-4H3/b16-13+. The molecule has 1 aliphatic heterocycles. The summed E-state index contributed by atoms with van der Waals surface area (Å²) >= 11 is 0. The molecule has 1 amide bonds. The molecule has 2 heterocycles. The highest BCUT2D eigenvalue weighted by Crippen LogP contribution is 2.22. The second-order valence-electron chi connectivity index (χ2n) is 5.77. The number of carbonyl (C=O) groups is 1. The Morgan fingerprint density at radius 3 is 2.90 bits per heavy atom. The predicted octanol–water partition coefficient (Wildman–Crippen LogP) is 2.94. The van der Waals surface area contributed by atoms with Crippen LogP contribution in [0.4, 0.5) is 4.79 Å². The molecule has 1 aromatic rings. The van der Waals surface area contributed by atoms with Crippen molar-refractivity contribution in [1.82, 2.24) is 4.90 Å². The number of amides is 1. The largest absolute Gasteiger partial charge is 0.472 e. The molecule has 21 heavy (non-hydrogen) atoms. The Labute approximate surface area is 124 Å². The third-order valence-corrected chi connectivity index (χ3v) is 2.77. The normalized spacial score (nSPS) is 16.5. The zero-order chi connectivity index (χ0) is 15.5. The first-order valence-electron chi connectivity index (χ1n) is 6.74. The van der Waals surface area contributed by atoms with Crippen LogP contribution in [0.5, 0.6) is 0 Å². The molecule has 0 atom stereocenters. The van der Waals surface area contributed by atoms with E-state index in [0.29, 0.717) is 25.4 Å². The van der Waals surface area contributed by atoms with E-state index < -0.39 is 5.60 Å². The van der Waals surface area contributed by atoms with Gasteiger partial charge in [0.1, 0.15) is 17.9 Å². The smallest absolute Gasteiger partial charge is 0.410 e. The van der Waals surface area contributed by atoms with Crippen molar-refractivity contribution in [2.45, 2.75) is 32.9 Å². The number of nitrogens with zero attached hydrogens (tertiary/aromatic N) is 2. The van der Waals surface area contributed by atoms with Gasteiger partial charge in [-0.3, -0.25) is 4.90 Å². The Hall–Kier alpha value is -2.24. The van der Waals surface area contributed by atoms with Crippen molar-refractivity contribution in [2.24, 2.45) is 5.16 Å². The second kappa shape index (κ2) is 6.03. The minimum Gasteiger partial charge on any atom is -0.472 e. The van der Waals surface area contributed by atoms with E-state index in [1.807, 2.05) is 20.8 Å². The highest BCUT2D eigenvalue weighted by molar-refractivity contribution is 6.04. The van der Waals surface area contributed by atoms with E-state index in [9.17, 15) is 4.79 Å². The number of hydrogen-bond acceptors (Lipinski definition) is 5. The average molecular weight is 292 g/mol. The lowest BCUT2D eigenvalue weighted by Gasteiger charge is -2.30. The second-order valence-corrected chi connectivity index (χ2v) is 5.77. The van der Waals surface area contributed by atoms with Crippen LogP contribution >= 0.6 is 0 Å². The monoisotopic (exact) mass is 292 g/mol. The average Bonchev–Trinajstić information content (AvgIpc) is 2.85.